The van der Waals surface area contributed by atoms with Crippen molar-refractivity contribution in [2.75, 3.05) is 18.8 Å². The summed E-state index contributed by atoms with van der Waals surface area (Å²) in [5.74, 6) is 0.372. The van der Waals surface area contributed by atoms with Crippen molar-refractivity contribution in [2.45, 2.75) is 45.4 Å². The third-order valence-electron chi connectivity index (χ3n) is 3.50. The van der Waals surface area contributed by atoms with E-state index in [-0.39, 0.29) is 24.1 Å². The third-order valence-corrected chi connectivity index (χ3v) is 5.50. The van der Waals surface area contributed by atoms with Gasteiger partial charge in [0.05, 0.1) is 12.3 Å². The molecule has 19 heavy (non-hydrogen) atoms. The number of hydrogen-bond donors (Lipinski definition) is 2. The first-order chi connectivity index (χ1) is 8.99. The highest BCUT2D eigenvalue weighted by molar-refractivity contribution is 7.89. The molecule has 0 atom stereocenters. The second kappa shape index (κ2) is 7.69. The Kier molecular flexibility index (Phi) is 6.57. The molecule has 0 aliphatic heterocycles. The van der Waals surface area contributed by atoms with E-state index in [1.165, 1.54) is 10.7 Å². The standard InChI is InChI=1S/C12H25N3O3S/c1-2-8-15(9-12(13)14-16)19(17,18)10-11-6-4-3-5-7-11/h11,16H,2-10H2,1H3,(H2,13,14). The van der Waals surface area contributed by atoms with Crippen LogP contribution < -0.4 is 5.73 Å². The van der Waals surface area contributed by atoms with E-state index in [2.05, 4.69) is 5.16 Å². The van der Waals surface area contributed by atoms with Crippen molar-refractivity contribution in [3.05, 3.63) is 0 Å². The first-order valence-electron chi connectivity index (χ1n) is 6.93. The zero-order valence-corrected chi connectivity index (χ0v) is 12.4. The zero-order valence-electron chi connectivity index (χ0n) is 11.6. The van der Waals surface area contributed by atoms with E-state index in [9.17, 15) is 8.42 Å². The molecule has 1 rings (SSSR count). The molecule has 1 saturated carbocycles. The van der Waals surface area contributed by atoms with Gasteiger partial charge < -0.3 is 10.9 Å². The highest BCUT2D eigenvalue weighted by atomic mass is 32.2. The molecule has 112 valence electrons. The minimum Gasteiger partial charge on any atom is -0.409 e. The highest BCUT2D eigenvalue weighted by Crippen LogP contribution is 2.25. The lowest BCUT2D eigenvalue weighted by Gasteiger charge is -2.26. The SMILES string of the molecule is CCCN(CC(N)=NO)S(=O)(=O)CC1CCCCC1. The lowest BCUT2D eigenvalue weighted by atomic mass is 9.91. The molecular weight excluding hydrogens is 266 g/mol. The predicted octanol–water partition coefficient (Wildman–Crippen LogP) is 1.35. The fourth-order valence-electron chi connectivity index (χ4n) is 2.54. The van der Waals surface area contributed by atoms with Gasteiger partial charge in [-0.2, -0.15) is 4.31 Å². The molecule has 0 amide bonds. The van der Waals surface area contributed by atoms with Crippen molar-refractivity contribution >= 4 is 15.9 Å². The number of nitrogens with zero attached hydrogens (tertiary/aromatic N) is 2. The molecule has 0 unspecified atom stereocenters. The van der Waals surface area contributed by atoms with Crippen molar-refractivity contribution in [2.24, 2.45) is 16.8 Å². The molecule has 7 heteroatoms. The summed E-state index contributed by atoms with van der Waals surface area (Å²) in [6.07, 6.45) is 6.13. The molecule has 0 aromatic carbocycles. The van der Waals surface area contributed by atoms with Crippen LogP contribution in [0.1, 0.15) is 45.4 Å². The Morgan fingerprint density at radius 3 is 2.53 bits per heavy atom. The Balaban J connectivity index is 2.68. The predicted molar refractivity (Wildman–Crippen MR) is 75.6 cm³/mol. The van der Waals surface area contributed by atoms with E-state index < -0.39 is 10.0 Å². The average Bonchev–Trinajstić information content (AvgIpc) is 2.38. The molecule has 1 fully saturated rings. The number of hydrogen-bond acceptors (Lipinski definition) is 4. The van der Waals surface area contributed by atoms with E-state index in [0.717, 1.165) is 25.7 Å². The van der Waals surface area contributed by atoms with Crippen LogP contribution in [0.25, 0.3) is 0 Å². The summed E-state index contributed by atoms with van der Waals surface area (Å²) in [6.45, 7) is 2.29. The molecule has 0 aromatic heterocycles. The number of oxime groups is 1. The van der Waals surface area contributed by atoms with Crippen LogP contribution in [0.2, 0.25) is 0 Å². The van der Waals surface area contributed by atoms with Gasteiger partial charge in [-0.15, -0.1) is 0 Å². The van der Waals surface area contributed by atoms with Crippen molar-refractivity contribution < 1.29 is 13.6 Å². The normalized spacial score (nSPS) is 18.9. The minimum absolute atomic E-state index is 0.0284. The van der Waals surface area contributed by atoms with Crippen molar-refractivity contribution in [1.82, 2.24) is 4.31 Å². The topological polar surface area (TPSA) is 96.0 Å². The van der Waals surface area contributed by atoms with E-state index in [4.69, 9.17) is 10.9 Å². The molecule has 0 heterocycles. The Morgan fingerprint density at radius 1 is 1.37 bits per heavy atom. The van der Waals surface area contributed by atoms with Crippen molar-refractivity contribution in [3.8, 4) is 0 Å². The van der Waals surface area contributed by atoms with Gasteiger partial charge in [0.1, 0.15) is 0 Å². The van der Waals surface area contributed by atoms with Crippen LogP contribution in [0.5, 0.6) is 0 Å². The Labute approximate surface area is 115 Å². The van der Waals surface area contributed by atoms with E-state index in [1.807, 2.05) is 6.92 Å². The summed E-state index contributed by atoms with van der Waals surface area (Å²) in [5.41, 5.74) is 5.43. The zero-order chi connectivity index (χ0) is 14.3. The largest absolute Gasteiger partial charge is 0.409 e. The van der Waals surface area contributed by atoms with Gasteiger partial charge in [0.2, 0.25) is 10.0 Å². The second-order valence-corrected chi connectivity index (χ2v) is 7.22. The van der Waals surface area contributed by atoms with Gasteiger partial charge in [-0.25, -0.2) is 8.42 Å². The smallest absolute Gasteiger partial charge is 0.214 e. The van der Waals surface area contributed by atoms with E-state index >= 15 is 0 Å². The van der Waals surface area contributed by atoms with E-state index in [1.54, 1.807) is 0 Å². The molecule has 1 aliphatic carbocycles. The molecule has 0 saturated heterocycles. The first kappa shape index (κ1) is 16.2. The molecule has 0 spiro atoms. The summed E-state index contributed by atoms with van der Waals surface area (Å²) in [7, 11) is -3.33. The van der Waals surface area contributed by atoms with Crippen molar-refractivity contribution in [3.63, 3.8) is 0 Å². The van der Waals surface area contributed by atoms with Gasteiger partial charge in [0, 0.05) is 6.54 Å². The highest BCUT2D eigenvalue weighted by Gasteiger charge is 2.27. The van der Waals surface area contributed by atoms with Gasteiger partial charge in [0.25, 0.3) is 0 Å². The molecule has 0 radical (unpaired) electrons. The summed E-state index contributed by atoms with van der Waals surface area (Å²) < 4.78 is 26.1. The number of sulfonamides is 1. The summed E-state index contributed by atoms with van der Waals surface area (Å²) >= 11 is 0. The van der Waals surface area contributed by atoms with Gasteiger partial charge in [-0.1, -0.05) is 31.3 Å². The molecule has 3 N–H and O–H groups in total. The summed E-state index contributed by atoms with van der Waals surface area (Å²) in [6, 6.07) is 0. The van der Waals surface area contributed by atoms with Crippen LogP contribution in [-0.4, -0.2) is 42.6 Å². The summed E-state index contributed by atoms with van der Waals surface area (Å²) in [4.78, 5) is 0. The molecular formula is C12H25N3O3S. The molecule has 6 nitrogen and oxygen atoms in total. The van der Waals surface area contributed by atoms with Crippen LogP contribution in [0.3, 0.4) is 0 Å². The van der Waals surface area contributed by atoms with Crippen LogP contribution in [0, 0.1) is 5.92 Å². The molecule has 1 aliphatic rings. The van der Waals surface area contributed by atoms with Gasteiger partial charge in [-0.3, -0.25) is 0 Å². The molecule has 0 aromatic rings. The summed E-state index contributed by atoms with van der Waals surface area (Å²) in [5, 5.41) is 11.4. The van der Waals surface area contributed by atoms with Crippen molar-refractivity contribution in [1.29, 1.82) is 0 Å². The maximum Gasteiger partial charge on any atom is 0.214 e. The van der Waals surface area contributed by atoms with Gasteiger partial charge in [-0.05, 0) is 25.2 Å². The maximum absolute atomic E-state index is 12.4. The van der Waals surface area contributed by atoms with Crippen LogP contribution in [0.4, 0.5) is 0 Å². The lowest BCUT2D eigenvalue weighted by Crippen LogP contribution is -2.41. The van der Waals surface area contributed by atoms with Crippen LogP contribution in [-0.2, 0) is 10.0 Å². The van der Waals surface area contributed by atoms with E-state index in [0.29, 0.717) is 13.0 Å². The number of amidine groups is 1. The van der Waals surface area contributed by atoms with Gasteiger partial charge >= 0.3 is 0 Å². The Hall–Kier alpha value is -0.820. The van der Waals surface area contributed by atoms with Crippen LogP contribution >= 0.6 is 0 Å². The van der Waals surface area contributed by atoms with Crippen LogP contribution in [0.15, 0.2) is 5.16 Å². The Morgan fingerprint density at radius 2 is 2.00 bits per heavy atom. The maximum atomic E-state index is 12.4. The Bertz CT molecular complexity index is 389. The van der Waals surface area contributed by atoms with Gasteiger partial charge in [0.15, 0.2) is 5.84 Å². The first-order valence-corrected chi connectivity index (χ1v) is 8.54. The fraction of sp³-hybridized carbons (Fsp3) is 0.917. The fourth-order valence-corrected chi connectivity index (χ4v) is 4.46. The third kappa shape index (κ3) is 5.36. The second-order valence-electron chi connectivity index (χ2n) is 5.21. The average molecular weight is 291 g/mol. The monoisotopic (exact) mass is 291 g/mol. The minimum atomic E-state index is -3.33. The number of rotatable bonds is 7. The number of nitrogens with two attached hydrogens (primary N) is 1. The molecule has 0 bridgehead atoms. The lowest BCUT2D eigenvalue weighted by molar-refractivity contribution is 0.314. The quantitative estimate of drug-likeness (QED) is 0.320.